The Bertz CT molecular complexity index is 971. The maximum atomic E-state index is 12.9. The Kier molecular flexibility index (Phi) is 6.27. The van der Waals surface area contributed by atoms with Crippen molar-refractivity contribution >= 4 is 11.8 Å². The lowest BCUT2D eigenvalue weighted by Gasteiger charge is -2.20. The Balaban J connectivity index is 1.45. The van der Waals surface area contributed by atoms with Crippen LogP contribution in [0.3, 0.4) is 0 Å². The number of rotatable bonds is 6. The van der Waals surface area contributed by atoms with Crippen molar-refractivity contribution in [3.05, 3.63) is 60.5 Å². The number of carbonyl (C=O) groups excluding carboxylic acids is 2. The van der Waals surface area contributed by atoms with Gasteiger partial charge in [0.2, 0.25) is 5.91 Å². The minimum absolute atomic E-state index is 0.102. The minimum Gasteiger partial charge on any atom is -0.463 e. The highest BCUT2D eigenvalue weighted by atomic mass is 16.3. The fourth-order valence-corrected chi connectivity index (χ4v) is 3.71. The van der Waals surface area contributed by atoms with Gasteiger partial charge in [-0.2, -0.15) is 5.10 Å². The lowest BCUT2D eigenvalue weighted by Crippen LogP contribution is -2.35. The number of hydrogen-bond acceptors (Lipinski definition) is 4. The standard InChI is InChI=1S/C23H26N4O3/c28-22(26-14-6-1-2-7-15-26)12-13-24-23(29)20-17-19(21-11-8-16-30-21)25-27(20)18-9-4-3-5-10-18/h3-5,8-11,16-17H,1-2,6-7,12-15H2,(H,24,29). The van der Waals surface area contributed by atoms with Crippen molar-refractivity contribution in [3.8, 4) is 17.1 Å². The van der Waals surface area contributed by atoms with Gasteiger partial charge in [-0.3, -0.25) is 9.59 Å². The molecule has 2 aromatic heterocycles. The van der Waals surface area contributed by atoms with Gasteiger partial charge in [-0.25, -0.2) is 4.68 Å². The van der Waals surface area contributed by atoms with E-state index in [2.05, 4.69) is 10.4 Å². The van der Waals surface area contributed by atoms with E-state index in [0.29, 0.717) is 30.1 Å². The predicted molar refractivity (Wildman–Crippen MR) is 113 cm³/mol. The molecule has 1 fully saturated rings. The van der Waals surface area contributed by atoms with Gasteiger partial charge in [0.05, 0.1) is 12.0 Å². The molecule has 0 atom stereocenters. The molecule has 0 spiro atoms. The highest BCUT2D eigenvalue weighted by Crippen LogP contribution is 2.22. The Morgan fingerprint density at radius 3 is 2.47 bits per heavy atom. The van der Waals surface area contributed by atoms with Gasteiger partial charge in [-0.15, -0.1) is 0 Å². The molecule has 3 heterocycles. The van der Waals surface area contributed by atoms with E-state index < -0.39 is 0 Å². The van der Waals surface area contributed by atoms with Crippen LogP contribution in [0.4, 0.5) is 0 Å². The molecule has 7 heteroatoms. The fourth-order valence-electron chi connectivity index (χ4n) is 3.71. The molecule has 1 saturated heterocycles. The van der Waals surface area contributed by atoms with Gasteiger partial charge in [0.15, 0.2) is 5.76 Å². The Labute approximate surface area is 175 Å². The molecular weight excluding hydrogens is 380 g/mol. The first-order valence-corrected chi connectivity index (χ1v) is 10.5. The Morgan fingerprint density at radius 1 is 1.00 bits per heavy atom. The molecule has 4 rings (SSSR count). The molecule has 1 aliphatic rings. The summed E-state index contributed by atoms with van der Waals surface area (Å²) in [6.45, 7) is 1.93. The summed E-state index contributed by atoms with van der Waals surface area (Å²) >= 11 is 0. The summed E-state index contributed by atoms with van der Waals surface area (Å²) in [5.74, 6) is 0.424. The largest absolute Gasteiger partial charge is 0.463 e. The van der Waals surface area contributed by atoms with Crippen molar-refractivity contribution < 1.29 is 14.0 Å². The molecule has 156 valence electrons. The Hall–Kier alpha value is -3.35. The number of furan rings is 1. The second-order valence-corrected chi connectivity index (χ2v) is 7.44. The number of hydrogen-bond donors (Lipinski definition) is 1. The first-order chi connectivity index (χ1) is 14.7. The molecule has 2 amide bonds. The minimum atomic E-state index is -0.271. The van der Waals surface area contributed by atoms with Gasteiger partial charge in [-0.1, -0.05) is 31.0 Å². The molecule has 0 aliphatic carbocycles. The first-order valence-electron chi connectivity index (χ1n) is 10.5. The van der Waals surface area contributed by atoms with Gasteiger partial charge in [0.25, 0.3) is 5.91 Å². The Morgan fingerprint density at radius 2 is 1.77 bits per heavy atom. The third-order valence-electron chi connectivity index (χ3n) is 5.30. The van der Waals surface area contributed by atoms with E-state index in [1.165, 1.54) is 12.8 Å². The second kappa shape index (κ2) is 9.43. The maximum Gasteiger partial charge on any atom is 0.270 e. The molecule has 1 aromatic carbocycles. The van der Waals surface area contributed by atoms with Crippen LogP contribution in [0.15, 0.2) is 59.2 Å². The number of amides is 2. The number of nitrogens with zero attached hydrogens (tertiary/aromatic N) is 3. The van der Waals surface area contributed by atoms with Crippen molar-refractivity contribution in [2.75, 3.05) is 19.6 Å². The van der Waals surface area contributed by atoms with E-state index in [4.69, 9.17) is 4.42 Å². The predicted octanol–water partition coefficient (Wildman–Crippen LogP) is 3.65. The quantitative estimate of drug-likeness (QED) is 0.678. The van der Waals surface area contributed by atoms with E-state index in [9.17, 15) is 9.59 Å². The molecule has 0 radical (unpaired) electrons. The van der Waals surface area contributed by atoms with Crippen LogP contribution >= 0.6 is 0 Å². The summed E-state index contributed by atoms with van der Waals surface area (Å²) in [6, 6.07) is 14.8. The zero-order valence-electron chi connectivity index (χ0n) is 16.9. The van der Waals surface area contributed by atoms with Crippen molar-refractivity contribution in [1.82, 2.24) is 20.0 Å². The lowest BCUT2D eigenvalue weighted by molar-refractivity contribution is -0.131. The van der Waals surface area contributed by atoms with E-state index in [-0.39, 0.29) is 11.8 Å². The van der Waals surface area contributed by atoms with Crippen LogP contribution in [-0.4, -0.2) is 46.1 Å². The summed E-state index contributed by atoms with van der Waals surface area (Å²) in [5, 5.41) is 7.43. The number of carbonyl (C=O) groups is 2. The fraction of sp³-hybridized carbons (Fsp3) is 0.348. The number of aromatic nitrogens is 2. The van der Waals surface area contributed by atoms with Crippen LogP contribution < -0.4 is 5.32 Å². The van der Waals surface area contributed by atoms with Crippen molar-refractivity contribution in [3.63, 3.8) is 0 Å². The van der Waals surface area contributed by atoms with Crippen molar-refractivity contribution in [2.24, 2.45) is 0 Å². The van der Waals surface area contributed by atoms with Crippen LogP contribution in [0.1, 0.15) is 42.6 Å². The van der Waals surface area contributed by atoms with E-state index in [1.807, 2.05) is 35.2 Å². The third kappa shape index (κ3) is 4.62. The lowest BCUT2D eigenvalue weighted by atomic mass is 10.2. The van der Waals surface area contributed by atoms with Gasteiger partial charge in [-0.05, 0) is 37.1 Å². The van der Waals surface area contributed by atoms with Crippen LogP contribution in [0.2, 0.25) is 0 Å². The summed E-state index contributed by atoms with van der Waals surface area (Å²) in [7, 11) is 0. The average Bonchev–Trinajstić information content (AvgIpc) is 3.38. The summed E-state index contributed by atoms with van der Waals surface area (Å²) in [5.41, 5.74) is 1.76. The van der Waals surface area contributed by atoms with E-state index >= 15 is 0 Å². The molecule has 7 nitrogen and oxygen atoms in total. The molecule has 30 heavy (non-hydrogen) atoms. The monoisotopic (exact) mass is 406 g/mol. The van der Waals surface area contributed by atoms with Crippen LogP contribution in [-0.2, 0) is 4.79 Å². The maximum absolute atomic E-state index is 12.9. The van der Waals surface area contributed by atoms with Crippen LogP contribution in [0.25, 0.3) is 17.1 Å². The van der Waals surface area contributed by atoms with Gasteiger partial charge in [0, 0.05) is 32.1 Å². The van der Waals surface area contributed by atoms with Crippen molar-refractivity contribution in [1.29, 1.82) is 0 Å². The SMILES string of the molecule is O=C(NCCC(=O)N1CCCCCC1)c1cc(-c2ccco2)nn1-c1ccccc1. The topological polar surface area (TPSA) is 80.4 Å². The molecule has 0 unspecified atom stereocenters. The smallest absolute Gasteiger partial charge is 0.270 e. The highest BCUT2D eigenvalue weighted by Gasteiger charge is 2.20. The van der Waals surface area contributed by atoms with Gasteiger partial charge >= 0.3 is 0 Å². The first kappa shape index (κ1) is 19.9. The normalized spacial score (nSPS) is 14.3. The summed E-state index contributed by atoms with van der Waals surface area (Å²) in [4.78, 5) is 27.3. The van der Waals surface area contributed by atoms with Gasteiger partial charge < -0.3 is 14.6 Å². The number of likely N-dealkylation sites (tertiary alicyclic amines) is 1. The summed E-state index contributed by atoms with van der Waals surface area (Å²) in [6.07, 6.45) is 6.36. The highest BCUT2D eigenvalue weighted by molar-refractivity contribution is 5.94. The zero-order chi connectivity index (χ0) is 20.8. The van der Waals surface area contributed by atoms with Crippen LogP contribution in [0.5, 0.6) is 0 Å². The third-order valence-corrected chi connectivity index (χ3v) is 5.30. The summed E-state index contributed by atoms with van der Waals surface area (Å²) < 4.78 is 7.04. The molecule has 1 N–H and O–H groups in total. The second-order valence-electron chi connectivity index (χ2n) is 7.44. The zero-order valence-corrected chi connectivity index (χ0v) is 16.9. The van der Waals surface area contributed by atoms with E-state index in [1.54, 1.807) is 29.1 Å². The molecule has 0 bridgehead atoms. The molecular formula is C23H26N4O3. The molecule has 3 aromatic rings. The van der Waals surface area contributed by atoms with Gasteiger partial charge in [0.1, 0.15) is 11.4 Å². The number of nitrogens with one attached hydrogen (secondary N) is 1. The van der Waals surface area contributed by atoms with Crippen LogP contribution in [0, 0.1) is 0 Å². The molecule has 1 aliphatic heterocycles. The molecule has 0 saturated carbocycles. The number of benzene rings is 1. The number of para-hydroxylation sites is 1. The van der Waals surface area contributed by atoms with Crippen molar-refractivity contribution in [2.45, 2.75) is 32.1 Å². The van der Waals surface area contributed by atoms with E-state index in [0.717, 1.165) is 31.6 Å². The average molecular weight is 406 g/mol.